The van der Waals surface area contributed by atoms with Crippen LogP contribution in [0, 0.1) is 10.1 Å². The zero-order chi connectivity index (χ0) is 24.0. The summed E-state index contributed by atoms with van der Waals surface area (Å²) in [6.07, 6.45) is 1.82. The van der Waals surface area contributed by atoms with E-state index < -0.39 is 4.92 Å². The molecule has 0 bridgehead atoms. The number of nitrogens with one attached hydrogen (secondary N) is 1. The van der Waals surface area contributed by atoms with Crippen molar-refractivity contribution < 1.29 is 18.9 Å². The van der Waals surface area contributed by atoms with Crippen molar-refractivity contribution in [2.45, 2.75) is 52.2 Å². The number of nitrogens with zero attached hydrogens (tertiary/aromatic N) is 1. The first-order valence-corrected chi connectivity index (χ1v) is 11.3. The summed E-state index contributed by atoms with van der Waals surface area (Å²) < 4.78 is 11.2. The highest BCUT2D eigenvalue weighted by atomic mass is 35.5. The molecule has 1 amide bonds. The summed E-state index contributed by atoms with van der Waals surface area (Å²) in [5.74, 6) is 1.08. The second-order valence-corrected chi connectivity index (χ2v) is 8.24. The minimum atomic E-state index is -0.531. The zero-order valence-corrected chi connectivity index (χ0v) is 19.6. The number of carbonyl (C=O) groups is 1. The summed E-state index contributed by atoms with van der Waals surface area (Å²) in [4.78, 5) is 23.0. The van der Waals surface area contributed by atoms with Gasteiger partial charge in [0.05, 0.1) is 16.0 Å². The maximum absolute atomic E-state index is 12.7. The van der Waals surface area contributed by atoms with E-state index in [-0.39, 0.29) is 40.8 Å². The molecule has 0 aliphatic heterocycles. The molecule has 1 N–H and O–H groups in total. The number of non-ortho nitro benzene ring substituents is 1. The van der Waals surface area contributed by atoms with Crippen molar-refractivity contribution in [3.05, 3.63) is 92.4 Å². The van der Waals surface area contributed by atoms with E-state index in [1.807, 2.05) is 6.92 Å². The number of nitro benzene ring substituents is 1. The maximum atomic E-state index is 12.7. The number of benzene rings is 2. The minimum Gasteiger partial charge on any atom is -0.484 e. The Hall–Kier alpha value is -3.32. The number of ether oxygens (including phenoxy) is 1. The molecule has 1 aromatic heterocycles. The molecular weight excluding hydrogens is 444 g/mol. The zero-order valence-electron chi connectivity index (χ0n) is 18.8. The Morgan fingerprint density at radius 3 is 2.39 bits per heavy atom. The average molecular weight is 471 g/mol. The van der Waals surface area contributed by atoms with Gasteiger partial charge in [0.15, 0.2) is 5.76 Å². The van der Waals surface area contributed by atoms with Gasteiger partial charge in [0.2, 0.25) is 0 Å². The minimum absolute atomic E-state index is 0.0269. The van der Waals surface area contributed by atoms with E-state index in [0.717, 1.165) is 18.4 Å². The molecule has 0 saturated heterocycles. The van der Waals surface area contributed by atoms with Crippen molar-refractivity contribution in [1.29, 1.82) is 0 Å². The van der Waals surface area contributed by atoms with Crippen LogP contribution in [0.2, 0.25) is 5.02 Å². The third kappa shape index (κ3) is 6.14. The van der Waals surface area contributed by atoms with Crippen LogP contribution >= 0.6 is 11.6 Å². The fourth-order valence-corrected chi connectivity index (χ4v) is 3.62. The normalized spacial score (nSPS) is 12.7. The van der Waals surface area contributed by atoms with Crippen LogP contribution in [0.25, 0.3) is 0 Å². The summed E-state index contributed by atoms with van der Waals surface area (Å²) in [5.41, 5.74) is 2.20. The van der Waals surface area contributed by atoms with Crippen molar-refractivity contribution in [2.24, 2.45) is 0 Å². The summed E-state index contributed by atoms with van der Waals surface area (Å²) in [5, 5.41) is 13.9. The van der Waals surface area contributed by atoms with Gasteiger partial charge in [-0.15, -0.1) is 0 Å². The van der Waals surface area contributed by atoms with Gasteiger partial charge in [-0.1, -0.05) is 56.6 Å². The lowest BCUT2D eigenvalue weighted by Crippen LogP contribution is -2.27. The molecule has 8 heteroatoms. The van der Waals surface area contributed by atoms with Gasteiger partial charge in [-0.2, -0.15) is 0 Å². The second-order valence-electron chi connectivity index (χ2n) is 7.84. The smallest absolute Gasteiger partial charge is 0.287 e. The summed E-state index contributed by atoms with van der Waals surface area (Å²) in [7, 11) is 0. The highest BCUT2D eigenvalue weighted by Crippen LogP contribution is 2.29. The Kier molecular flexibility index (Phi) is 8.11. The van der Waals surface area contributed by atoms with Crippen LogP contribution in [-0.4, -0.2) is 10.8 Å². The predicted molar refractivity (Wildman–Crippen MR) is 127 cm³/mol. The molecule has 0 saturated carbocycles. The molecule has 0 aliphatic rings. The van der Waals surface area contributed by atoms with Gasteiger partial charge in [0, 0.05) is 12.1 Å². The Balaban J connectivity index is 1.61. The van der Waals surface area contributed by atoms with E-state index in [1.54, 1.807) is 12.1 Å². The molecule has 33 heavy (non-hydrogen) atoms. The number of hydrogen-bond acceptors (Lipinski definition) is 5. The van der Waals surface area contributed by atoms with Crippen molar-refractivity contribution >= 4 is 23.2 Å². The number of rotatable bonds is 10. The molecule has 0 radical (unpaired) electrons. The second kappa shape index (κ2) is 11.0. The Bertz CT molecular complexity index is 1110. The molecule has 2 unspecified atom stereocenters. The first-order valence-electron chi connectivity index (χ1n) is 10.9. The molecule has 3 aromatic rings. The van der Waals surface area contributed by atoms with Crippen LogP contribution in [0.3, 0.4) is 0 Å². The molecular formula is C25H27ClN2O5. The van der Waals surface area contributed by atoms with E-state index in [4.69, 9.17) is 20.8 Å². The Labute approximate surface area is 197 Å². The van der Waals surface area contributed by atoms with Gasteiger partial charge in [0.1, 0.15) is 18.1 Å². The van der Waals surface area contributed by atoms with Gasteiger partial charge in [0.25, 0.3) is 11.6 Å². The lowest BCUT2D eigenvalue weighted by molar-refractivity contribution is -0.384. The number of hydrogen-bond donors (Lipinski definition) is 1. The third-order valence-corrected chi connectivity index (χ3v) is 5.91. The van der Waals surface area contributed by atoms with E-state index >= 15 is 0 Å². The van der Waals surface area contributed by atoms with Gasteiger partial charge < -0.3 is 14.5 Å². The Morgan fingerprint density at radius 1 is 1.09 bits per heavy atom. The number of carbonyl (C=O) groups excluding carboxylic acids is 1. The average Bonchev–Trinajstić information content (AvgIpc) is 3.30. The van der Waals surface area contributed by atoms with Crippen LogP contribution in [-0.2, 0) is 6.61 Å². The lowest BCUT2D eigenvalue weighted by Gasteiger charge is -2.18. The quantitative estimate of drug-likeness (QED) is 0.259. The fraction of sp³-hybridized carbons (Fsp3) is 0.320. The van der Waals surface area contributed by atoms with E-state index in [0.29, 0.717) is 11.7 Å². The lowest BCUT2D eigenvalue weighted by atomic mass is 9.95. The summed E-state index contributed by atoms with van der Waals surface area (Å²) in [6, 6.07) is 15.4. The van der Waals surface area contributed by atoms with E-state index in [2.05, 4.69) is 43.4 Å². The van der Waals surface area contributed by atoms with E-state index in [1.165, 1.54) is 23.8 Å². The Morgan fingerprint density at radius 2 is 1.79 bits per heavy atom. The third-order valence-electron chi connectivity index (χ3n) is 5.62. The summed E-state index contributed by atoms with van der Waals surface area (Å²) >= 11 is 6.04. The van der Waals surface area contributed by atoms with Gasteiger partial charge in [-0.3, -0.25) is 14.9 Å². The maximum Gasteiger partial charge on any atom is 0.287 e. The van der Waals surface area contributed by atoms with Gasteiger partial charge in [-0.05, 0) is 48.1 Å². The van der Waals surface area contributed by atoms with Crippen molar-refractivity contribution in [3.8, 4) is 5.75 Å². The van der Waals surface area contributed by atoms with Crippen LogP contribution in [0.1, 0.15) is 73.0 Å². The molecule has 7 nitrogen and oxygen atoms in total. The van der Waals surface area contributed by atoms with Crippen molar-refractivity contribution in [3.63, 3.8) is 0 Å². The number of furan rings is 1. The predicted octanol–water partition coefficient (Wildman–Crippen LogP) is 6.81. The first kappa shape index (κ1) is 24.3. The molecule has 0 aliphatic carbocycles. The number of amides is 1. The van der Waals surface area contributed by atoms with Crippen molar-refractivity contribution in [2.75, 3.05) is 0 Å². The number of halogens is 1. The van der Waals surface area contributed by atoms with Crippen molar-refractivity contribution in [1.82, 2.24) is 5.32 Å². The number of nitro groups is 1. The largest absolute Gasteiger partial charge is 0.484 e. The monoisotopic (exact) mass is 470 g/mol. The molecule has 0 spiro atoms. The highest BCUT2D eigenvalue weighted by molar-refractivity contribution is 6.32. The standard InChI is InChI=1S/C25H27ClN2O5/c1-4-16(3)17-6-8-18(9-7-17)22(5-2)27-25(29)24-13-11-20(33-24)15-32-23-12-10-19(28(30)31)14-21(23)26/h6-14,16,22H,4-5,15H2,1-3H3,(H,27,29). The van der Waals surface area contributed by atoms with Crippen LogP contribution in [0.4, 0.5) is 5.69 Å². The highest BCUT2D eigenvalue weighted by Gasteiger charge is 2.18. The first-order chi connectivity index (χ1) is 15.8. The SMILES string of the molecule is CCC(C)c1ccc(C(CC)NC(=O)c2ccc(COc3ccc([N+](=O)[O-])cc3Cl)o2)cc1. The molecule has 2 atom stereocenters. The summed E-state index contributed by atoms with van der Waals surface area (Å²) in [6.45, 7) is 6.40. The van der Waals surface area contributed by atoms with Crippen LogP contribution in [0.15, 0.2) is 59.0 Å². The van der Waals surface area contributed by atoms with Crippen LogP contribution in [0.5, 0.6) is 5.75 Å². The fourth-order valence-electron chi connectivity index (χ4n) is 3.39. The van der Waals surface area contributed by atoms with Crippen LogP contribution < -0.4 is 10.1 Å². The topological polar surface area (TPSA) is 94.6 Å². The molecule has 174 valence electrons. The van der Waals surface area contributed by atoms with Gasteiger partial charge in [-0.25, -0.2) is 0 Å². The molecule has 1 heterocycles. The van der Waals surface area contributed by atoms with Gasteiger partial charge >= 0.3 is 0 Å². The molecule has 0 fully saturated rings. The van der Waals surface area contributed by atoms with E-state index in [9.17, 15) is 14.9 Å². The molecule has 3 rings (SSSR count). The molecule has 2 aromatic carbocycles.